The number of benzene rings is 2. The van der Waals surface area contributed by atoms with E-state index in [0.717, 1.165) is 17.5 Å². The summed E-state index contributed by atoms with van der Waals surface area (Å²) in [6.07, 6.45) is 0.820. The van der Waals surface area contributed by atoms with Gasteiger partial charge in [-0.15, -0.1) is 0 Å². The predicted molar refractivity (Wildman–Crippen MR) is 107 cm³/mol. The number of rotatable bonds is 8. The van der Waals surface area contributed by atoms with Gasteiger partial charge < -0.3 is 15.1 Å². The van der Waals surface area contributed by atoms with Gasteiger partial charge in [0.2, 0.25) is 17.7 Å². The van der Waals surface area contributed by atoms with E-state index in [1.807, 2.05) is 60.7 Å². The van der Waals surface area contributed by atoms with Gasteiger partial charge in [-0.2, -0.15) is 0 Å². The molecule has 0 aliphatic rings. The Morgan fingerprint density at radius 3 is 2.32 bits per heavy atom. The monoisotopic (exact) mass is 377 g/mol. The molecule has 0 saturated heterocycles. The molecular weight excluding hydrogens is 354 g/mol. The van der Waals surface area contributed by atoms with Crippen molar-refractivity contribution in [3.8, 4) is 11.5 Å². The summed E-state index contributed by atoms with van der Waals surface area (Å²) in [6, 6.07) is 19.4. The van der Waals surface area contributed by atoms with Crippen molar-refractivity contribution in [1.29, 1.82) is 0 Å². The average Bonchev–Trinajstić information content (AvgIpc) is 3.08. The summed E-state index contributed by atoms with van der Waals surface area (Å²) in [5, 5.41) is 5.42. The molecule has 0 aliphatic heterocycles. The van der Waals surface area contributed by atoms with Crippen LogP contribution in [-0.2, 0) is 22.4 Å². The van der Waals surface area contributed by atoms with Crippen LogP contribution in [0, 0.1) is 6.92 Å². The Bertz CT molecular complexity index is 921. The van der Waals surface area contributed by atoms with Crippen molar-refractivity contribution >= 4 is 11.8 Å². The number of carbonyl (C=O) groups excluding carboxylic acids is 2. The number of oxazole rings is 1. The number of aryl methyl sites for hydroxylation is 1. The molecule has 3 rings (SSSR count). The van der Waals surface area contributed by atoms with E-state index in [4.69, 9.17) is 4.42 Å². The van der Waals surface area contributed by atoms with Gasteiger partial charge in [0.05, 0.1) is 18.7 Å². The normalized spacial score (nSPS) is 10.5. The first-order chi connectivity index (χ1) is 13.6. The molecule has 2 amide bonds. The molecule has 0 aliphatic carbocycles. The van der Waals surface area contributed by atoms with Crippen LogP contribution in [0.1, 0.15) is 17.0 Å². The van der Waals surface area contributed by atoms with Gasteiger partial charge in [-0.1, -0.05) is 48.5 Å². The summed E-state index contributed by atoms with van der Waals surface area (Å²) >= 11 is 0. The SMILES string of the molecule is Cc1oc(-c2ccccc2)nc1CC(=O)NCC(=O)NCCc1ccccc1. The molecule has 0 saturated carbocycles. The summed E-state index contributed by atoms with van der Waals surface area (Å²) in [5.41, 5.74) is 2.58. The maximum absolute atomic E-state index is 12.1. The summed E-state index contributed by atoms with van der Waals surface area (Å²) in [6.45, 7) is 2.25. The second-order valence-corrected chi connectivity index (χ2v) is 6.43. The highest BCUT2D eigenvalue weighted by molar-refractivity contribution is 5.85. The van der Waals surface area contributed by atoms with Gasteiger partial charge in [0.1, 0.15) is 5.76 Å². The number of amides is 2. The molecule has 0 unspecified atom stereocenters. The molecule has 2 aromatic carbocycles. The molecule has 0 radical (unpaired) electrons. The number of carbonyl (C=O) groups is 2. The van der Waals surface area contributed by atoms with Gasteiger partial charge in [-0.05, 0) is 31.0 Å². The van der Waals surface area contributed by atoms with Crippen LogP contribution in [0.4, 0.5) is 0 Å². The van der Waals surface area contributed by atoms with E-state index < -0.39 is 0 Å². The lowest BCUT2D eigenvalue weighted by molar-refractivity contribution is -0.125. The van der Waals surface area contributed by atoms with Gasteiger partial charge in [0.15, 0.2) is 0 Å². The zero-order valence-electron chi connectivity index (χ0n) is 15.8. The molecule has 6 nitrogen and oxygen atoms in total. The third-order valence-corrected chi connectivity index (χ3v) is 4.27. The van der Waals surface area contributed by atoms with Crippen LogP contribution in [0.2, 0.25) is 0 Å². The lowest BCUT2D eigenvalue weighted by Gasteiger charge is -2.06. The highest BCUT2D eigenvalue weighted by Crippen LogP contribution is 2.21. The van der Waals surface area contributed by atoms with Crippen molar-refractivity contribution in [2.24, 2.45) is 0 Å². The first-order valence-electron chi connectivity index (χ1n) is 9.21. The van der Waals surface area contributed by atoms with Crippen molar-refractivity contribution in [3.05, 3.63) is 77.7 Å². The fourth-order valence-electron chi connectivity index (χ4n) is 2.74. The van der Waals surface area contributed by atoms with Crippen LogP contribution in [0.5, 0.6) is 0 Å². The van der Waals surface area contributed by atoms with E-state index in [2.05, 4.69) is 15.6 Å². The Morgan fingerprint density at radius 1 is 0.929 bits per heavy atom. The molecule has 144 valence electrons. The van der Waals surface area contributed by atoms with Gasteiger partial charge in [0, 0.05) is 12.1 Å². The third kappa shape index (κ3) is 5.54. The largest absolute Gasteiger partial charge is 0.441 e. The van der Waals surface area contributed by atoms with Crippen molar-refractivity contribution < 1.29 is 14.0 Å². The molecule has 6 heteroatoms. The molecule has 28 heavy (non-hydrogen) atoms. The lowest BCUT2D eigenvalue weighted by atomic mass is 10.1. The van der Waals surface area contributed by atoms with Crippen LogP contribution in [-0.4, -0.2) is 29.9 Å². The van der Waals surface area contributed by atoms with Crippen LogP contribution in [0.3, 0.4) is 0 Å². The molecule has 3 aromatic rings. The summed E-state index contributed by atoms with van der Waals surface area (Å²) in [4.78, 5) is 28.4. The van der Waals surface area contributed by atoms with Crippen LogP contribution in [0.15, 0.2) is 65.1 Å². The fourth-order valence-corrected chi connectivity index (χ4v) is 2.74. The molecule has 0 fully saturated rings. The zero-order chi connectivity index (χ0) is 19.8. The van der Waals surface area contributed by atoms with Crippen molar-refractivity contribution in [2.75, 3.05) is 13.1 Å². The van der Waals surface area contributed by atoms with Crippen LogP contribution in [0.25, 0.3) is 11.5 Å². The summed E-state index contributed by atoms with van der Waals surface area (Å²) in [5.74, 6) is 0.598. The van der Waals surface area contributed by atoms with E-state index in [1.165, 1.54) is 0 Å². The molecule has 0 atom stereocenters. The molecular formula is C22H23N3O3. The zero-order valence-corrected chi connectivity index (χ0v) is 15.8. The van der Waals surface area contributed by atoms with E-state index in [9.17, 15) is 9.59 Å². The first kappa shape index (κ1) is 19.4. The number of hydrogen-bond donors (Lipinski definition) is 2. The molecule has 0 spiro atoms. The van der Waals surface area contributed by atoms with E-state index >= 15 is 0 Å². The quantitative estimate of drug-likeness (QED) is 0.632. The number of nitrogens with zero attached hydrogens (tertiary/aromatic N) is 1. The Labute approximate surface area is 164 Å². The van der Waals surface area contributed by atoms with E-state index in [-0.39, 0.29) is 24.8 Å². The second-order valence-electron chi connectivity index (χ2n) is 6.43. The van der Waals surface area contributed by atoms with Crippen LogP contribution >= 0.6 is 0 Å². The van der Waals surface area contributed by atoms with Crippen molar-refractivity contribution in [2.45, 2.75) is 19.8 Å². The van der Waals surface area contributed by atoms with Gasteiger partial charge in [-0.25, -0.2) is 4.98 Å². The van der Waals surface area contributed by atoms with Gasteiger partial charge in [-0.3, -0.25) is 9.59 Å². The Balaban J connectivity index is 1.43. The van der Waals surface area contributed by atoms with Crippen molar-refractivity contribution in [1.82, 2.24) is 15.6 Å². The smallest absolute Gasteiger partial charge is 0.239 e. The second kappa shape index (κ2) is 9.50. The standard InChI is InChI=1S/C22H23N3O3/c1-16-19(25-22(28-16)18-10-6-3-7-11-18)14-20(26)24-15-21(27)23-13-12-17-8-4-2-5-9-17/h2-11H,12-15H2,1H3,(H,23,27)(H,24,26). The maximum Gasteiger partial charge on any atom is 0.239 e. The minimum atomic E-state index is -0.269. The van der Waals surface area contributed by atoms with Crippen molar-refractivity contribution in [3.63, 3.8) is 0 Å². The minimum Gasteiger partial charge on any atom is -0.441 e. The molecule has 1 aromatic heterocycles. The minimum absolute atomic E-state index is 0.0595. The van der Waals surface area contributed by atoms with Gasteiger partial charge in [0.25, 0.3) is 0 Å². The Kier molecular flexibility index (Phi) is 6.57. The lowest BCUT2D eigenvalue weighted by Crippen LogP contribution is -2.38. The average molecular weight is 377 g/mol. The summed E-state index contributed by atoms with van der Waals surface area (Å²) < 4.78 is 5.65. The highest BCUT2D eigenvalue weighted by atomic mass is 16.4. The number of aromatic nitrogens is 1. The Hall–Kier alpha value is -3.41. The number of nitrogens with one attached hydrogen (secondary N) is 2. The molecule has 0 bridgehead atoms. The van der Waals surface area contributed by atoms with E-state index in [1.54, 1.807) is 6.92 Å². The van der Waals surface area contributed by atoms with Gasteiger partial charge >= 0.3 is 0 Å². The predicted octanol–water partition coefficient (Wildman–Crippen LogP) is 2.67. The topological polar surface area (TPSA) is 84.2 Å². The molecule has 2 N–H and O–H groups in total. The van der Waals surface area contributed by atoms with Crippen LogP contribution < -0.4 is 10.6 Å². The maximum atomic E-state index is 12.1. The number of hydrogen-bond acceptors (Lipinski definition) is 4. The summed E-state index contributed by atoms with van der Waals surface area (Å²) in [7, 11) is 0. The highest BCUT2D eigenvalue weighted by Gasteiger charge is 2.15. The third-order valence-electron chi connectivity index (χ3n) is 4.27. The first-order valence-corrected chi connectivity index (χ1v) is 9.21. The fraction of sp³-hybridized carbons (Fsp3) is 0.227. The Morgan fingerprint density at radius 2 is 1.61 bits per heavy atom. The molecule has 1 heterocycles. The van der Waals surface area contributed by atoms with E-state index in [0.29, 0.717) is 23.9 Å².